The smallest absolute Gasteiger partial charge is 0.462 e. The number of phosphoric ester groups is 1. The Labute approximate surface area is 363 Å². The number of phosphoric acid groups is 1. The lowest BCUT2D eigenvalue weighted by molar-refractivity contribution is -0.161. The van der Waals surface area contributed by atoms with Crippen molar-refractivity contribution >= 4 is 19.8 Å². The number of carbonyl (C=O) groups is 2. The summed E-state index contributed by atoms with van der Waals surface area (Å²) in [6.07, 6.45) is 50.6. The van der Waals surface area contributed by atoms with Crippen LogP contribution in [-0.4, -0.2) is 49.3 Å². The minimum absolute atomic E-state index is 0.0546. The van der Waals surface area contributed by atoms with E-state index in [4.69, 9.17) is 24.3 Å². The highest BCUT2D eigenvalue weighted by Gasteiger charge is 2.26. The third kappa shape index (κ3) is 45.8. The maximum Gasteiger partial charge on any atom is 0.472 e. The van der Waals surface area contributed by atoms with Crippen LogP contribution in [-0.2, 0) is 32.7 Å². The summed E-state index contributed by atoms with van der Waals surface area (Å²) in [5.74, 6) is -0.820. The summed E-state index contributed by atoms with van der Waals surface area (Å²) in [4.78, 5) is 35.0. The summed E-state index contributed by atoms with van der Waals surface area (Å²) >= 11 is 0. The summed E-state index contributed by atoms with van der Waals surface area (Å²) in [6, 6.07) is 0. The molecule has 0 aromatic heterocycles. The molecule has 9 nitrogen and oxygen atoms in total. The van der Waals surface area contributed by atoms with Crippen LogP contribution in [0.5, 0.6) is 0 Å². The normalized spacial score (nSPS) is 13.4. The minimum atomic E-state index is -4.38. The van der Waals surface area contributed by atoms with Crippen molar-refractivity contribution in [3.05, 3.63) is 24.3 Å². The average Bonchev–Trinajstić information content (AvgIpc) is 3.22. The van der Waals surface area contributed by atoms with Gasteiger partial charge in [-0.1, -0.05) is 212 Å². The van der Waals surface area contributed by atoms with Gasteiger partial charge in [0.15, 0.2) is 6.10 Å². The van der Waals surface area contributed by atoms with Gasteiger partial charge in [0, 0.05) is 19.4 Å². The second kappa shape index (κ2) is 46.0. The quantitative estimate of drug-likeness (QED) is 0.0265. The summed E-state index contributed by atoms with van der Waals surface area (Å²) in [5.41, 5.74) is 5.36. The van der Waals surface area contributed by atoms with Crippen molar-refractivity contribution in [2.45, 2.75) is 251 Å². The predicted molar refractivity (Wildman–Crippen MR) is 247 cm³/mol. The second-order valence-corrected chi connectivity index (χ2v) is 18.1. The zero-order valence-electron chi connectivity index (χ0n) is 38.5. The number of rotatable bonds is 47. The van der Waals surface area contributed by atoms with E-state index in [0.29, 0.717) is 6.42 Å². The van der Waals surface area contributed by atoms with Crippen LogP contribution < -0.4 is 5.73 Å². The fraction of sp³-hybridized carbons (Fsp3) is 0.878. The summed E-state index contributed by atoms with van der Waals surface area (Å²) in [7, 11) is -4.38. The van der Waals surface area contributed by atoms with Gasteiger partial charge in [0.1, 0.15) is 6.61 Å². The first-order chi connectivity index (χ1) is 28.8. The van der Waals surface area contributed by atoms with Crippen LogP contribution in [0.15, 0.2) is 24.3 Å². The standard InChI is InChI=1S/C49H94NO8P/c1-3-5-7-9-11-13-15-17-19-21-23-25-27-29-31-33-35-37-39-41-48(51)55-45-47(46-57-59(53,54)56-44-43-50)58-49(52)42-40-38-36-34-32-30-28-26-24-22-20-18-16-14-12-10-8-6-4-2/h12,14,18,20,47H,3-11,13,15-17,19,21-46,50H2,1-2H3,(H,53,54)/b14-12-,20-18-/t47-/m1/s1. The number of carbonyl (C=O) groups excluding carboxylic acids is 2. The largest absolute Gasteiger partial charge is 0.472 e. The van der Waals surface area contributed by atoms with Gasteiger partial charge in [-0.2, -0.15) is 0 Å². The number of allylic oxidation sites excluding steroid dienone is 4. The molecule has 0 saturated heterocycles. The molecular formula is C49H94NO8P. The molecule has 0 saturated carbocycles. The lowest BCUT2D eigenvalue weighted by atomic mass is 10.0. The molecule has 0 amide bonds. The van der Waals surface area contributed by atoms with Crippen LogP contribution in [0.4, 0.5) is 0 Å². The van der Waals surface area contributed by atoms with Crippen molar-refractivity contribution in [2.75, 3.05) is 26.4 Å². The van der Waals surface area contributed by atoms with E-state index < -0.39 is 26.5 Å². The molecule has 0 spiro atoms. The van der Waals surface area contributed by atoms with E-state index in [0.717, 1.165) is 51.4 Å². The van der Waals surface area contributed by atoms with Crippen molar-refractivity contribution in [3.63, 3.8) is 0 Å². The van der Waals surface area contributed by atoms with Gasteiger partial charge in [-0.05, 0) is 44.9 Å². The molecule has 10 heteroatoms. The molecule has 1 unspecified atom stereocenters. The maximum absolute atomic E-state index is 12.6. The molecular weight excluding hydrogens is 762 g/mol. The molecule has 0 aromatic carbocycles. The molecule has 0 rings (SSSR count). The summed E-state index contributed by atoms with van der Waals surface area (Å²) < 4.78 is 32.9. The van der Waals surface area contributed by atoms with Crippen molar-refractivity contribution in [1.29, 1.82) is 0 Å². The third-order valence-electron chi connectivity index (χ3n) is 10.8. The van der Waals surface area contributed by atoms with E-state index in [-0.39, 0.29) is 38.6 Å². The van der Waals surface area contributed by atoms with Crippen LogP contribution in [0.25, 0.3) is 0 Å². The van der Waals surface area contributed by atoms with Gasteiger partial charge >= 0.3 is 19.8 Å². The SMILES string of the molecule is CCCCC/C=C\C/C=C\CCCCCCCCCCCC(=O)O[C@H](COC(=O)CCCCCCCCCCCCCCCCCCCCC)COP(=O)(O)OCCN. The Kier molecular flexibility index (Phi) is 44.8. The minimum Gasteiger partial charge on any atom is -0.462 e. The Morgan fingerprint density at radius 1 is 0.508 bits per heavy atom. The molecule has 0 heterocycles. The first kappa shape index (κ1) is 57.5. The van der Waals surface area contributed by atoms with Crippen molar-refractivity contribution < 1.29 is 37.6 Å². The summed E-state index contributed by atoms with van der Waals surface area (Å²) in [6.45, 7) is 3.75. The average molecular weight is 856 g/mol. The number of unbranched alkanes of at least 4 members (excludes halogenated alkanes) is 30. The Morgan fingerprint density at radius 2 is 0.881 bits per heavy atom. The number of nitrogens with two attached hydrogens (primary N) is 1. The molecule has 59 heavy (non-hydrogen) atoms. The highest BCUT2D eigenvalue weighted by atomic mass is 31.2. The van der Waals surface area contributed by atoms with Crippen LogP contribution in [0.3, 0.4) is 0 Å². The lowest BCUT2D eigenvalue weighted by Crippen LogP contribution is -2.29. The van der Waals surface area contributed by atoms with Gasteiger partial charge in [-0.15, -0.1) is 0 Å². The molecule has 3 N–H and O–H groups in total. The topological polar surface area (TPSA) is 134 Å². The number of hydrogen-bond acceptors (Lipinski definition) is 8. The molecule has 0 aliphatic heterocycles. The monoisotopic (exact) mass is 856 g/mol. The van der Waals surface area contributed by atoms with E-state index >= 15 is 0 Å². The molecule has 0 aliphatic carbocycles. The van der Waals surface area contributed by atoms with E-state index in [1.54, 1.807) is 0 Å². The van der Waals surface area contributed by atoms with Crippen LogP contribution in [0, 0.1) is 0 Å². The van der Waals surface area contributed by atoms with Crippen LogP contribution >= 0.6 is 7.82 Å². The second-order valence-electron chi connectivity index (χ2n) is 16.7. The predicted octanol–water partition coefficient (Wildman–Crippen LogP) is 14.7. The van der Waals surface area contributed by atoms with Gasteiger partial charge in [0.05, 0.1) is 13.2 Å². The van der Waals surface area contributed by atoms with Crippen LogP contribution in [0.1, 0.15) is 245 Å². The molecule has 0 bridgehead atoms. The Balaban J connectivity index is 4.04. The van der Waals surface area contributed by atoms with Crippen molar-refractivity contribution in [2.24, 2.45) is 5.73 Å². The van der Waals surface area contributed by atoms with Crippen molar-refractivity contribution in [1.82, 2.24) is 0 Å². The number of esters is 2. The third-order valence-corrected chi connectivity index (χ3v) is 11.8. The van der Waals surface area contributed by atoms with Gasteiger partial charge in [-0.3, -0.25) is 18.6 Å². The molecule has 0 fully saturated rings. The highest BCUT2D eigenvalue weighted by molar-refractivity contribution is 7.47. The first-order valence-corrected chi connectivity index (χ1v) is 26.3. The lowest BCUT2D eigenvalue weighted by Gasteiger charge is -2.19. The van der Waals surface area contributed by atoms with E-state index in [9.17, 15) is 19.0 Å². The summed E-state index contributed by atoms with van der Waals surface area (Å²) in [5, 5.41) is 0. The highest BCUT2D eigenvalue weighted by Crippen LogP contribution is 2.43. The van der Waals surface area contributed by atoms with Gasteiger partial charge in [0.2, 0.25) is 0 Å². The van der Waals surface area contributed by atoms with E-state index in [2.05, 4.69) is 38.2 Å². The van der Waals surface area contributed by atoms with E-state index in [1.165, 1.54) is 161 Å². The Morgan fingerprint density at radius 3 is 1.32 bits per heavy atom. The van der Waals surface area contributed by atoms with Gasteiger partial charge in [-0.25, -0.2) is 4.57 Å². The molecule has 0 radical (unpaired) electrons. The zero-order valence-corrected chi connectivity index (χ0v) is 39.4. The molecule has 0 aromatic rings. The molecule has 2 atom stereocenters. The number of ether oxygens (including phenoxy) is 2. The van der Waals surface area contributed by atoms with Crippen molar-refractivity contribution in [3.8, 4) is 0 Å². The first-order valence-electron chi connectivity index (χ1n) is 24.8. The van der Waals surface area contributed by atoms with Crippen LogP contribution in [0.2, 0.25) is 0 Å². The molecule has 348 valence electrons. The molecule has 0 aliphatic rings. The number of hydrogen-bond donors (Lipinski definition) is 2. The Bertz CT molecular complexity index is 1020. The van der Waals surface area contributed by atoms with Gasteiger partial charge < -0.3 is 20.1 Å². The maximum atomic E-state index is 12.6. The van der Waals surface area contributed by atoms with Gasteiger partial charge in [0.25, 0.3) is 0 Å². The Hall–Kier alpha value is -1.51. The fourth-order valence-corrected chi connectivity index (χ4v) is 7.90. The fourth-order valence-electron chi connectivity index (χ4n) is 7.14. The van der Waals surface area contributed by atoms with E-state index in [1.807, 2.05) is 0 Å². The zero-order chi connectivity index (χ0) is 43.2.